The fourth-order valence-electron chi connectivity index (χ4n) is 3.18. The molecule has 25 heavy (non-hydrogen) atoms. The summed E-state index contributed by atoms with van der Waals surface area (Å²) in [4.78, 5) is 30.6. The number of likely N-dealkylation sites (tertiary alicyclic amines) is 1. The zero-order valence-corrected chi connectivity index (χ0v) is 14.8. The van der Waals surface area contributed by atoms with Gasteiger partial charge in [0.2, 0.25) is 5.91 Å². The van der Waals surface area contributed by atoms with Crippen molar-refractivity contribution in [3.63, 3.8) is 0 Å². The Balaban J connectivity index is 1.66. The van der Waals surface area contributed by atoms with Crippen LogP contribution >= 0.6 is 0 Å². The van der Waals surface area contributed by atoms with Crippen LogP contribution in [0.3, 0.4) is 0 Å². The Hall–Kier alpha value is -2.48. The zero-order chi connectivity index (χ0) is 18.0. The first-order valence-corrected chi connectivity index (χ1v) is 8.45. The molecule has 2 aromatic rings. The van der Waals surface area contributed by atoms with Crippen molar-refractivity contribution in [2.45, 2.75) is 32.7 Å². The summed E-state index contributed by atoms with van der Waals surface area (Å²) in [5.41, 5.74) is 2.32. The largest absolute Gasteiger partial charge is 0.358 e. The minimum Gasteiger partial charge on any atom is -0.358 e. The number of likely N-dealkylation sites (N-methyl/N-ethyl adjacent to an activating group) is 1. The number of fused-ring (bicyclic) bond motifs is 1. The maximum atomic E-state index is 12.7. The molecule has 3 heterocycles. The number of nitrogens with one attached hydrogen (secondary N) is 2. The minimum absolute atomic E-state index is 0.0140. The van der Waals surface area contributed by atoms with Crippen LogP contribution < -0.4 is 10.6 Å². The van der Waals surface area contributed by atoms with Crippen molar-refractivity contribution in [1.82, 2.24) is 25.7 Å². The Morgan fingerprint density at radius 3 is 2.72 bits per heavy atom. The van der Waals surface area contributed by atoms with Gasteiger partial charge in [0.05, 0.1) is 23.2 Å². The molecule has 8 nitrogen and oxygen atoms in total. The lowest BCUT2D eigenvalue weighted by Gasteiger charge is -2.31. The quantitative estimate of drug-likeness (QED) is 0.849. The first kappa shape index (κ1) is 17.3. The van der Waals surface area contributed by atoms with Crippen LogP contribution in [0.4, 0.5) is 0 Å². The van der Waals surface area contributed by atoms with Crippen molar-refractivity contribution in [1.29, 1.82) is 0 Å². The second kappa shape index (κ2) is 7.18. The molecule has 1 saturated heterocycles. The standard InChI is InChI=1S/C17H23N5O3/c1-10-8-13(15-11(2)21-25-17(15)19-10)16(24)20-12-4-6-22(7-5-12)9-14(23)18-3/h8,12H,4-7,9H2,1-3H3,(H,18,23)(H,20,24). The molecule has 2 amide bonds. The van der Waals surface area contributed by atoms with Crippen LogP contribution in [0.15, 0.2) is 10.6 Å². The molecule has 8 heteroatoms. The van der Waals surface area contributed by atoms with Crippen molar-refractivity contribution in [3.05, 3.63) is 23.0 Å². The number of rotatable bonds is 4. The molecular formula is C17H23N5O3. The number of hydrogen-bond acceptors (Lipinski definition) is 6. The van der Waals surface area contributed by atoms with Crippen LogP contribution in [0, 0.1) is 13.8 Å². The lowest BCUT2D eigenvalue weighted by Crippen LogP contribution is -2.47. The monoisotopic (exact) mass is 345 g/mol. The van der Waals surface area contributed by atoms with Crippen LogP contribution in [0.25, 0.3) is 11.1 Å². The predicted molar refractivity (Wildman–Crippen MR) is 92.3 cm³/mol. The van der Waals surface area contributed by atoms with Crippen LogP contribution in [0.5, 0.6) is 0 Å². The van der Waals surface area contributed by atoms with E-state index in [-0.39, 0.29) is 17.9 Å². The second-order valence-corrected chi connectivity index (χ2v) is 6.46. The van der Waals surface area contributed by atoms with Crippen molar-refractivity contribution >= 4 is 22.9 Å². The molecule has 1 fully saturated rings. The molecule has 2 N–H and O–H groups in total. The lowest BCUT2D eigenvalue weighted by atomic mass is 10.0. The molecule has 134 valence electrons. The van der Waals surface area contributed by atoms with Crippen molar-refractivity contribution in [2.75, 3.05) is 26.7 Å². The predicted octanol–water partition coefficient (Wildman–Crippen LogP) is 0.780. The Morgan fingerprint density at radius 2 is 2.04 bits per heavy atom. The van der Waals surface area contributed by atoms with Gasteiger partial charge in [0.25, 0.3) is 11.6 Å². The van der Waals surface area contributed by atoms with E-state index in [1.807, 2.05) is 6.92 Å². The van der Waals surface area contributed by atoms with Crippen molar-refractivity contribution in [3.8, 4) is 0 Å². The lowest BCUT2D eigenvalue weighted by molar-refractivity contribution is -0.122. The first-order chi connectivity index (χ1) is 12.0. The Bertz CT molecular complexity index is 793. The van der Waals surface area contributed by atoms with Crippen molar-refractivity contribution < 1.29 is 14.1 Å². The van der Waals surface area contributed by atoms with E-state index in [1.165, 1.54) is 0 Å². The van der Waals surface area contributed by atoms with Gasteiger partial charge < -0.3 is 15.2 Å². The third kappa shape index (κ3) is 3.79. The zero-order valence-electron chi connectivity index (χ0n) is 14.8. The van der Waals surface area contributed by atoms with E-state index in [4.69, 9.17) is 4.52 Å². The van der Waals surface area contributed by atoms with Gasteiger partial charge in [0, 0.05) is 31.9 Å². The van der Waals surface area contributed by atoms with Gasteiger partial charge in [-0.3, -0.25) is 14.5 Å². The molecule has 2 aromatic heterocycles. The summed E-state index contributed by atoms with van der Waals surface area (Å²) in [7, 11) is 1.64. The Kier molecular flexibility index (Phi) is 4.98. The van der Waals surface area contributed by atoms with Gasteiger partial charge in [0.15, 0.2) is 0 Å². The van der Waals surface area contributed by atoms with Crippen LogP contribution in [0.2, 0.25) is 0 Å². The molecule has 0 aliphatic carbocycles. The van der Waals surface area contributed by atoms with E-state index in [2.05, 4.69) is 25.7 Å². The molecule has 0 atom stereocenters. The van der Waals surface area contributed by atoms with E-state index in [9.17, 15) is 9.59 Å². The molecule has 1 aliphatic rings. The molecule has 3 rings (SSSR count). The summed E-state index contributed by atoms with van der Waals surface area (Å²) in [5.74, 6) is -0.119. The Morgan fingerprint density at radius 1 is 1.32 bits per heavy atom. The molecule has 0 unspecified atom stereocenters. The van der Waals surface area contributed by atoms with Crippen LogP contribution in [-0.2, 0) is 4.79 Å². The van der Waals surface area contributed by atoms with Crippen LogP contribution in [0.1, 0.15) is 34.6 Å². The number of piperidine rings is 1. The maximum Gasteiger partial charge on any atom is 0.258 e. The normalized spacial score (nSPS) is 16.1. The number of amides is 2. The molecule has 0 saturated carbocycles. The number of nitrogens with zero attached hydrogens (tertiary/aromatic N) is 3. The topological polar surface area (TPSA) is 100 Å². The average Bonchev–Trinajstić information content (AvgIpc) is 2.96. The molecule has 1 aliphatic heterocycles. The summed E-state index contributed by atoms with van der Waals surface area (Å²) >= 11 is 0. The highest BCUT2D eigenvalue weighted by atomic mass is 16.5. The summed E-state index contributed by atoms with van der Waals surface area (Å²) in [5, 5.41) is 10.3. The maximum absolute atomic E-state index is 12.7. The molecular weight excluding hydrogens is 322 g/mol. The highest BCUT2D eigenvalue weighted by molar-refractivity contribution is 6.06. The van der Waals surface area contributed by atoms with Gasteiger partial charge in [-0.2, -0.15) is 0 Å². The first-order valence-electron chi connectivity index (χ1n) is 8.45. The van der Waals surface area contributed by atoms with Gasteiger partial charge >= 0.3 is 0 Å². The summed E-state index contributed by atoms with van der Waals surface area (Å²) < 4.78 is 5.19. The second-order valence-electron chi connectivity index (χ2n) is 6.46. The van der Waals surface area contributed by atoms with E-state index in [0.29, 0.717) is 34.6 Å². The highest BCUT2D eigenvalue weighted by Crippen LogP contribution is 2.22. The van der Waals surface area contributed by atoms with E-state index < -0.39 is 0 Å². The molecule has 0 aromatic carbocycles. The number of carbonyl (C=O) groups is 2. The average molecular weight is 345 g/mol. The van der Waals surface area contributed by atoms with E-state index >= 15 is 0 Å². The smallest absolute Gasteiger partial charge is 0.258 e. The van der Waals surface area contributed by atoms with Gasteiger partial charge in [-0.15, -0.1) is 0 Å². The fraction of sp³-hybridized carbons (Fsp3) is 0.529. The number of aromatic nitrogens is 2. The summed E-state index contributed by atoms with van der Waals surface area (Å²) in [6.45, 7) is 5.61. The Labute approximate surface area is 145 Å². The molecule has 0 bridgehead atoms. The third-order valence-electron chi connectivity index (χ3n) is 4.56. The number of hydrogen-bond donors (Lipinski definition) is 2. The van der Waals surface area contributed by atoms with E-state index in [0.717, 1.165) is 25.9 Å². The van der Waals surface area contributed by atoms with Gasteiger partial charge in [-0.25, -0.2) is 4.98 Å². The van der Waals surface area contributed by atoms with Crippen LogP contribution in [-0.4, -0.2) is 59.6 Å². The van der Waals surface area contributed by atoms with Gasteiger partial charge in [-0.05, 0) is 32.8 Å². The van der Waals surface area contributed by atoms with Gasteiger partial charge in [0.1, 0.15) is 0 Å². The summed E-state index contributed by atoms with van der Waals surface area (Å²) in [6.07, 6.45) is 1.64. The number of pyridine rings is 1. The fourth-order valence-corrected chi connectivity index (χ4v) is 3.18. The van der Waals surface area contributed by atoms with Gasteiger partial charge in [-0.1, -0.05) is 5.16 Å². The SMILES string of the molecule is CNC(=O)CN1CCC(NC(=O)c2cc(C)nc3onc(C)c23)CC1. The molecule has 0 spiro atoms. The highest BCUT2D eigenvalue weighted by Gasteiger charge is 2.24. The number of aryl methyl sites for hydroxylation is 2. The van der Waals surface area contributed by atoms with E-state index in [1.54, 1.807) is 20.0 Å². The number of carbonyl (C=O) groups excluding carboxylic acids is 2. The summed E-state index contributed by atoms with van der Waals surface area (Å²) in [6, 6.07) is 1.86. The molecule has 0 radical (unpaired) electrons. The minimum atomic E-state index is -0.133. The van der Waals surface area contributed by atoms with Crippen molar-refractivity contribution in [2.24, 2.45) is 0 Å². The third-order valence-corrected chi connectivity index (χ3v) is 4.56.